The summed E-state index contributed by atoms with van der Waals surface area (Å²) >= 11 is 1.80. The van der Waals surface area contributed by atoms with E-state index in [1.165, 1.54) is 11.4 Å². The van der Waals surface area contributed by atoms with Gasteiger partial charge in [-0.25, -0.2) is 0 Å². The van der Waals surface area contributed by atoms with Crippen LogP contribution in [-0.2, 0) is 19.4 Å². The average Bonchev–Trinajstić information content (AvgIpc) is 2.60. The molecule has 0 radical (unpaired) electrons. The highest BCUT2D eigenvalue weighted by Crippen LogP contribution is 2.09. The molecule has 0 aliphatic carbocycles. The molecule has 0 aromatic carbocycles. The molecule has 1 aromatic rings. The molecule has 0 aliphatic heterocycles. The van der Waals surface area contributed by atoms with E-state index in [0.717, 1.165) is 25.1 Å². The van der Waals surface area contributed by atoms with Gasteiger partial charge in [0.2, 0.25) is 0 Å². The van der Waals surface area contributed by atoms with Crippen molar-refractivity contribution in [1.82, 2.24) is 9.78 Å². The second-order valence-corrected chi connectivity index (χ2v) is 4.63. The zero-order valence-corrected chi connectivity index (χ0v) is 10.7. The summed E-state index contributed by atoms with van der Waals surface area (Å²) in [5.74, 6) is 1.01. The average molecular weight is 227 g/mol. The summed E-state index contributed by atoms with van der Waals surface area (Å²) in [5, 5.41) is 4.51. The molecule has 1 atom stereocenters. The number of nitrogens with two attached hydrogens (primary N) is 1. The summed E-state index contributed by atoms with van der Waals surface area (Å²) in [6.07, 6.45) is 4.02. The van der Waals surface area contributed by atoms with Gasteiger partial charge in [0.1, 0.15) is 0 Å². The zero-order valence-electron chi connectivity index (χ0n) is 9.86. The molecule has 15 heavy (non-hydrogen) atoms. The van der Waals surface area contributed by atoms with Crippen molar-refractivity contribution in [1.29, 1.82) is 0 Å². The van der Waals surface area contributed by atoms with Gasteiger partial charge >= 0.3 is 0 Å². The first-order valence-corrected chi connectivity index (χ1v) is 6.90. The van der Waals surface area contributed by atoms with Crippen LogP contribution in [0.5, 0.6) is 0 Å². The summed E-state index contributed by atoms with van der Waals surface area (Å²) in [6, 6.07) is 2.43. The fourth-order valence-electron chi connectivity index (χ4n) is 1.67. The molecule has 0 spiro atoms. The van der Waals surface area contributed by atoms with Crippen molar-refractivity contribution in [3.63, 3.8) is 0 Å². The zero-order chi connectivity index (χ0) is 11.3. The van der Waals surface area contributed by atoms with Gasteiger partial charge in [-0.15, -0.1) is 0 Å². The molecule has 0 amide bonds. The molecule has 1 aromatic heterocycles. The predicted octanol–water partition coefficient (Wildman–Crippen LogP) is 1.70. The molecular formula is C11H21N3S. The third-order valence-electron chi connectivity index (χ3n) is 2.43. The summed E-state index contributed by atoms with van der Waals surface area (Å²) in [6.45, 7) is 5.19. The molecule has 1 heterocycles. The van der Waals surface area contributed by atoms with E-state index in [2.05, 4.69) is 36.0 Å². The fraction of sp³-hybridized carbons (Fsp3) is 0.727. The van der Waals surface area contributed by atoms with E-state index in [-0.39, 0.29) is 6.04 Å². The second kappa shape index (κ2) is 6.18. The highest BCUT2D eigenvalue weighted by Gasteiger charge is 2.09. The lowest BCUT2D eigenvalue weighted by molar-refractivity contribution is 0.592. The molecule has 0 aliphatic rings. The largest absolute Gasteiger partial charge is 0.327 e. The Hall–Kier alpha value is -0.480. The van der Waals surface area contributed by atoms with Gasteiger partial charge in [0.15, 0.2) is 0 Å². The smallest absolute Gasteiger partial charge is 0.0624 e. The van der Waals surface area contributed by atoms with Gasteiger partial charge in [0.25, 0.3) is 0 Å². The molecule has 0 saturated carbocycles. The van der Waals surface area contributed by atoms with Gasteiger partial charge in [0, 0.05) is 30.5 Å². The number of nitrogens with zero attached hydrogens (tertiary/aromatic N) is 2. The SMILES string of the molecule is CCc1cc(CC(N)CSC)n(CC)n1. The third kappa shape index (κ3) is 3.54. The van der Waals surface area contributed by atoms with Gasteiger partial charge in [-0.05, 0) is 25.7 Å². The van der Waals surface area contributed by atoms with E-state index >= 15 is 0 Å². The molecule has 0 bridgehead atoms. The Labute approximate surface area is 96.4 Å². The maximum Gasteiger partial charge on any atom is 0.0624 e. The molecule has 0 saturated heterocycles. The Morgan fingerprint density at radius 2 is 2.27 bits per heavy atom. The topological polar surface area (TPSA) is 43.8 Å². The van der Waals surface area contributed by atoms with Gasteiger partial charge in [-0.3, -0.25) is 4.68 Å². The maximum absolute atomic E-state index is 6.03. The van der Waals surface area contributed by atoms with Gasteiger partial charge in [-0.1, -0.05) is 6.92 Å². The fourth-order valence-corrected chi connectivity index (χ4v) is 2.21. The molecule has 1 rings (SSSR count). The standard InChI is InChI=1S/C11H21N3S/c1-4-10-7-11(14(5-2)13-10)6-9(12)8-15-3/h7,9H,4-6,8,12H2,1-3H3. The van der Waals surface area contributed by atoms with Crippen LogP contribution in [0.3, 0.4) is 0 Å². The molecule has 3 nitrogen and oxygen atoms in total. The highest BCUT2D eigenvalue weighted by molar-refractivity contribution is 7.98. The normalized spacial score (nSPS) is 13.1. The van der Waals surface area contributed by atoms with Gasteiger partial charge < -0.3 is 5.73 Å². The number of rotatable bonds is 6. The van der Waals surface area contributed by atoms with Crippen LogP contribution in [0.1, 0.15) is 25.2 Å². The van der Waals surface area contributed by atoms with E-state index < -0.39 is 0 Å². The molecule has 1 unspecified atom stereocenters. The maximum atomic E-state index is 6.03. The Balaban J connectivity index is 2.69. The van der Waals surface area contributed by atoms with Crippen LogP contribution in [0.2, 0.25) is 0 Å². The quantitative estimate of drug-likeness (QED) is 0.804. The van der Waals surface area contributed by atoms with E-state index in [0.29, 0.717) is 0 Å². The number of thioether (sulfide) groups is 1. The molecule has 4 heteroatoms. The summed E-state index contributed by atoms with van der Waals surface area (Å²) in [5.41, 5.74) is 8.47. The van der Waals surface area contributed by atoms with Crippen LogP contribution in [-0.4, -0.2) is 27.8 Å². The second-order valence-electron chi connectivity index (χ2n) is 3.72. The molecular weight excluding hydrogens is 206 g/mol. The van der Waals surface area contributed by atoms with E-state index in [1.807, 2.05) is 0 Å². The van der Waals surface area contributed by atoms with Crippen molar-refractivity contribution in [3.8, 4) is 0 Å². The summed E-state index contributed by atoms with van der Waals surface area (Å²) in [7, 11) is 0. The van der Waals surface area contributed by atoms with E-state index in [1.54, 1.807) is 11.8 Å². The predicted molar refractivity (Wildman–Crippen MR) is 67.3 cm³/mol. The van der Waals surface area contributed by atoms with Gasteiger partial charge in [0.05, 0.1) is 5.69 Å². The van der Waals surface area contributed by atoms with Crippen LogP contribution >= 0.6 is 11.8 Å². The van der Waals surface area contributed by atoms with Crippen LogP contribution in [0.25, 0.3) is 0 Å². The highest BCUT2D eigenvalue weighted by atomic mass is 32.2. The van der Waals surface area contributed by atoms with Crippen molar-refractivity contribution >= 4 is 11.8 Å². The molecule has 2 N–H and O–H groups in total. The number of hydrogen-bond acceptors (Lipinski definition) is 3. The summed E-state index contributed by atoms with van der Waals surface area (Å²) in [4.78, 5) is 0. The Morgan fingerprint density at radius 1 is 1.53 bits per heavy atom. The lowest BCUT2D eigenvalue weighted by Gasteiger charge is -2.10. The van der Waals surface area contributed by atoms with E-state index in [4.69, 9.17) is 5.73 Å². The minimum atomic E-state index is 0.242. The first kappa shape index (κ1) is 12.6. The third-order valence-corrected chi connectivity index (χ3v) is 3.19. The van der Waals surface area contributed by atoms with Crippen LogP contribution in [0.15, 0.2) is 6.07 Å². The van der Waals surface area contributed by atoms with Crippen molar-refractivity contribution in [2.75, 3.05) is 12.0 Å². The monoisotopic (exact) mass is 227 g/mol. The first-order chi connectivity index (χ1) is 7.21. The Kier molecular flexibility index (Phi) is 5.19. The Morgan fingerprint density at radius 3 is 2.80 bits per heavy atom. The van der Waals surface area contributed by atoms with Crippen LogP contribution < -0.4 is 5.73 Å². The van der Waals surface area contributed by atoms with Crippen molar-refractivity contribution < 1.29 is 0 Å². The van der Waals surface area contributed by atoms with Crippen LogP contribution in [0.4, 0.5) is 0 Å². The van der Waals surface area contributed by atoms with Crippen molar-refractivity contribution in [2.45, 2.75) is 39.3 Å². The first-order valence-electron chi connectivity index (χ1n) is 5.51. The molecule has 0 fully saturated rings. The number of aromatic nitrogens is 2. The lowest BCUT2D eigenvalue weighted by atomic mass is 10.2. The lowest BCUT2D eigenvalue weighted by Crippen LogP contribution is -2.26. The van der Waals surface area contributed by atoms with Crippen molar-refractivity contribution in [2.24, 2.45) is 5.73 Å². The molecule has 86 valence electrons. The van der Waals surface area contributed by atoms with Gasteiger partial charge in [-0.2, -0.15) is 16.9 Å². The van der Waals surface area contributed by atoms with E-state index in [9.17, 15) is 0 Å². The minimum absolute atomic E-state index is 0.242. The summed E-state index contributed by atoms with van der Waals surface area (Å²) < 4.78 is 2.07. The Bertz CT molecular complexity index is 296. The van der Waals surface area contributed by atoms with Crippen molar-refractivity contribution in [3.05, 3.63) is 17.5 Å². The minimum Gasteiger partial charge on any atom is -0.327 e. The van der Waals surface area contributed by atoms with Crippen LogP contribution in [0, 0.1) is 0 Å². The number of hydrogen-bond donors (Lipinski definition) is 1. The number of aryl methyl sites for hydroxylation is 2.